The SMILES string of the molecule is COc1cc(F)c2c(c1F)C(=O)OC2=O. The first-order valence-electron chi connectivity index (χ1n) is 3.88. The molecule has 2 rings (SSSR count). The number of methoxy groups -OCH3 is 1. The van der Waals surface area contributed by atoms with Crippen LogP contribution >= 0.6 is 0 Å². The summed E-state index contributed by atoms with van der Waals surface area (Å²) in [6.07, 6.45) is 0. The molecule has 78 valence electrons. The van der Waals surface area contributed by atoms with Crippen molar-refractivity contribution in [3.05, 3.63) is 28.8 Å². The maximum atomic E-state index is 13.4. The number of carbonyl (C=O) groups is 2. The number of fused-ring (bicyclic) bond motifs is 1. The van der Waals surface area contributed by atoms with Crippen LogP contribution in [-0.2, 0) is 4.74 Å². The Morgan fingerprint density at radius 3 is 2.40 bits per heavy atom. The van der Waals surface area contributed by atoms with Crippen molar-refractivity contribution in [1.29, 1.82) is 0 Å². The van der Waals surface area contributed by atoms with E-state index in [9.17, 15) is 18.4 Å². The van der Waals surface area contributed by atoms with Crippen LogP contribution in [-0.4, -0.2) is 19.0 Å². The van der Waals surface area contributed by atoms with Crippen LogP contribution < -0.4 is 4.74 Å². The Morgan fingerprint density at radius 2 is 1.80 bits per heavy atom. The first-order chi connectivity index (χ1) is 7.06. The molecule has 0 saturated carbocycles. The number of benzene rings is 1. The van der Waals surface area contributed by atoms with Crippen LogP contribution in [0.1, 0.15) is 20.7 Å². The smallest absolute Gasteiger partial charge is 0.350 e. The van der Waals surface area contributed by atoms with Gasteiger partial charge in [-0.05, 0) is 0 Å². The minimum Gasteiger partial charge on any atom is -0.494 e. The van der Waals surface area contributed by atoms with E-state index in [1.165, 1.54) is 0 Å². The number of esters is 2. The topological polar surface area (TPSA) is 52.6 Å². The molecular weight excluding hydrogens is 210 g/mol. The van der Waals surface area contributed by atoms with Gasteiger partial charge in [-0.2, -0.15) is 0 Å². The summed E-state index contributed by atoms with van der Waals surface area (Å²) in [5, 5.41) is 0. The van der Waals surface area contributed by atoms with Crippen molar-refractivity contribution in [3.8, 4) is 5.75 Å². The van der Waals surface area contributed by atoms with Crippen molar-refractivity contribution >= 4 is 11.9 Å². The molecule has 0 bridgehead atoms. The predicted octanol–water partition coefficient (Wildman–Crippen LogP) is 1.28. The van der Waals surface area contributed by atoms with Crippen LogP contribution in [0.5, 0.6) is 5.75 Å². The van der Waals surface area contributed by atoms with E-state index in [1.807, 2.05) is 0 Å². The Kier molecular flexibility index (Phi) is 1.92. The molecule has 1 aliphatic rings. The van der Waals surface area contributed by atoms with E-state index in [1.54, 1.807) is 0 Å². The van der Waals surface area contributed by atoms with E-state index >= 15 is 0 Å². The number of hydrogen-bond acceptors (Lipinski definition) is 4. The normalized spacial score (nSPS) is 13.8. The van der Waals surface area contributed by atoms with E-state index in [0.29, 0.717) is 6.07 Å². The lowest BCUT2D eigenvalue weighted by molar-refractivity contribution is 0.0441. The van der Waals surface area contributed by atoms with E-state index in [-0.39, 0.29) is 0 Å². The van der Waals surface area contributed by atoms with E-state index in [4.69, 9.17) is 0 Å². The highest BCUT2D eigenvalue weighted by molar-refractivity contribution is 6.15. The molecule has 0 aliphatic carbocycles. The summed E-state index contributed by atoms with van der Waals surface area (Å²) < 4.78 is 35.3. The van der Waals surface area contributed by atoms with Gasteiger partial charge in [0, 0.05) is 6.07 Å². The van der Waals surface area contributed by atoms with Gasteiger partial charge >= 0.3 is 11.9 Å². The van der Waals surface area contributed by atoms with Crippen molar-refractivity contribution in [2.24, 2.45) is 0 Å². The quantitative estimate of drug-likeness (QED) is 0.522. The molecule has 0 N–H and O–H groups in total. The summed E-state index contributed by atoms with van der Waals surface area (Å²) in [6.45, 7) is 0. The van der Waals surface area contributed by atoms with Crippen LogP contribution in [0.3, 0.4) is 0 Å². The van der Waals surface area contributed by atoms with Crippen LogP contribution in [0.2, 0.25) is 0 Å². The summed E-state index contributed by atoms with van der Waals surface area (Å²) in [6, 6.07) is 0.689. The van der Waals surface area contributed by atoms with Gasteiger partial charge in [0.15, 0.2) is 11.6 Å². The van der Waals surface area contributed by atoms with Crippen LogP contribution in [0.25, 0.3) is 0 Å². The third kappa shape index (κ3) is 1.18. The average molecular weight is 214 g/mol. The zero-order valence-electron chi connectivity index (χ0n) is 7.47. The van der Waals surface area contributed by atoms with E-state index < -0.39 is 40.4 Å². The summed E-state index contributed by atoms with van der Waals surface area (Å²) >= 11 is 0. The minimum atomic E-state index is -1.20. The van der Waals surface area contributed by atoms with Gasteiger partial charge in [-0.3, -0.25) is 0 Å². The molecule has 1 heterocycles. The first kappa shape index (κ1) is 9.57. The van der Waals surface area contributed by atoms with Crippen molar-refractivity contribution < 1.29 is 27.8 Å². The molecule has 0 spiro atoms. The molecular formula is C9H4F2O4. The number of ether oxygens (including phenoxy) is 2. The van der Waals surface area contributed by atoms with Crippen molar-refractivity contribution in [2.75, 3.05) is 7.11 Å². The average Bonchev–Trinajstić information content (AvgIpc) is 2.48. The summed E-state index contributed by atoms with van der Waals surface area (Å²) in [4.78, 5) is 22.0. The lowest BCUT2D eigenvalue weighted by Gasteiger charge is -2.03. The predicted molar refractivity (Wildman–Crippen MR) is 42.7 cm³/mol. The highest BCUT2D eigenvalue weighted by Crippen LogP contribution is 2.31. The molecule has 1 aromatic rings. The lowest BCUT2D eigenvalue weighted by atomic mass is 10.1. The Hall–Kier alpha value is -1.98. The Morgan fingerprint density at radius 1 is 1.20 bits per heavy atom. The highest BCUT2D eigenvalue weighted by Gasteiger charge is 2.37. The molecule has 0 amide bonds. The van der Waals surface area contributed by atoms with Crippen molar-refractivity contribution in [1.82, 2.24) is 0 Å². The fourth-order valence-electron chi connectivity index (χ4n) is 1.33. The summed E-state index contributed by atoms with van der Waals surface area (Å²) in [7, 11) is 1.12. The third-order valence-corrected chi connectivity index (χ3v) is 2.00. The molecule has 0 atom stereocenters. The van der Waals surface area contributed by atoms with Crippen LogP contribution in [0.4, 0.5) is 8.78 Å². The standard InChI is InChI=1S/C9H4F2O4/c1-14-4-2-3(10)5-6(7(4)11)9(13)15-8(5)12/h2H,1H3. The fraction of sp³-hybridized carbons (Fsp3) is 0.111. The van der Waals surface area contributed by atoms with E-state index in [2.05, 4.69) is 9.47 Å². The van der Waals surface area contributed by atoms with Gasteiger partial charge < -0.3 is 9.47 Å². The molecule has 0 aromatic heterocycles. The zero-order chi connectivity index (χ0) is 11.2. The maximum Gasteiger partial charge on any atom is 0.350 e. The molecule has 0 radical (unpaired) electrons. The van der Waals surface area contributed by atoms with Gasteiger partial charge in [0.25, 0.3) is 0 Å². The molecule has 4 nitrogen and oxygen atoms in total. The molecule has 1 aliphatic heterocycles. The van der Waals surface area contributed by atoms with Gasteiger partial charge in [0.1, 0.15) is 16.9 Å². The number of rotatable bonds is 1. The number of cyclic esters (lactones) is 2. The first-order valence-corrected chi connectivity index (χ1v) is 3.88. The second kappa shape index (κ2) is 3.01. The second-order valence-corrected chi connectivity index (χ2v) is 2.80. The maximum absolute atomic E-state index is 13.4. The van der Waals surface area contributed by atoms with Crippen molar-refractivity contribution in [3.63, 3.8) is 0 Å². The molecule has 0 unspecified atom stereocenters. The third-order valence-electron chi connectivity index (χ3n) is 2.00. The highest BCUT2D eigenvalue weighted by atomic mass is 19.1. The number of hydrogen-bond donors (Lipinski definition) is 0. The molecule has 1 aromatic carbocycles. The van der Waals surface area contributed by atoms with Gasteiger partial charge in [-0.25, -0.2) is 18.4 Å². The monoisotopic (exact) mass is 214 g/mol. The number of halogens is 2. The summed E-state index contributed by atoms with van der Waals surface area (Å²) in [5.41, 5.74) is -1.39. The van der Waals surface area contributed by atoms with Gasteiger partial charge in [-0.15, -0.1) is 0 Å². The van der Waals surface area contributed by atoms with Crippen molar-refractivity contribution in [2.45, 2.75) is 0 Å². The number of carbonyl (C=O) groups excluding carboxylic acids is 2. The Bertz CT molecular complexity index is 481. The second-order valence-electron chi connectivity index (χ2n) is 2.80. The molecule has 0 fully saturated rings. The molecule has 6 heteroatoms. The lowest BCUT2D eigenvalue weighted by Crippen LogP contribution is -2.02. The van der Waals surface area contributed by atoms with E-state index in [0.717, 1.165) is 7.11 Å². The van der Waals surface area contributed by atoms with Gasteiger partial charge in [-0.1, -0.05) is 0 Å². The minimum absolute atomic E-state index is 0.446. The Balaban J connectivity index is 2.80. The molecule has 15 heavy (non-hydrogen) atoms. The Labute approximate surface area is 82.4 Å². The van der Waals surface area contributed by atoms with Crippen LogP contribution in [0, 0.1) is 11.6 Å². The summed E-state index contributed by atoms with van der Waals surface area (Å²) in [5.74, 6) is -4.97. The van der Waals surface area contributed by atoms with Gasteiger partial charge in [0.2, 0.25) is 0 Å². The van der Waals surface area contributed by atoms with Gasteiger partial charge in [0.05, 0.1) is 7.11 Å². The largest absolute Gasteiger partial charge is 0.494 e. The molecule has 0 saturated heterocycles. The fourth-order valence-corrected chi connectivity index (χ4v) is 1.33. The van der Waals surface area contributed by atoms with Crippen LogP contribution in [0.15, 0.2) is 6.07 Å². The zero-order valence-corrected chi connectivity index (χ0v) is 7.47.